The first-order valence-electron chi connectivity index (χ1n) is 20.1. The summed E-state index contributed by atoms with van der Waals surface area (Å²) < 4.78 is 13.4. The number of ether oxygens (including phenoxy) is 1. The van der Waals surface area contributed by atoms with Gasteiger partial charge < -0.3 is 13.9 Å². The van der Waals surface area contributed by atoms with Crippen molar-refractivity contribution in [2.75, 3.05) is 0 Å². The molecule has 0 saturated carbocycles. The summed E-state index contributed by atoms with van der Waals surface area (Å²) in [4.78, 5) is 4.87. The number of hydrogen-bond acceptors (Lipinski definition) is 2. The zero-order valence-electron chi connectivity index (χ0n) is 35.9. The molecule has 58 heavy (non-hydrogen) atoms. The fraction of sp³-hybridized carbons (Fsp3) is 0.308. The van der Waals surface area contributed by atoms with Crippen molar-refractivity contribution < 1.29 is 30.4 Å². The van der Waals surface area contributed by atoms with Crippen molar-refractivity contribution in [1.29, 1.82) is 0 Å². The Kier molecular flexibility index (Phi) is 10.4. The molecule has 0 aliphatic heterocycles. The third-order valence-electron chi connectivity index (χ3n) is 11.0. The van der Waals surface area contributed by atoms with Gasteiger partial charge in [-0.2, -0.15) is 18.2 Å². The third-order valence-corrected chi connectivity index (χ3v) is 11.0. The molecule has 0 amide bonds. The van der Waals surface area contributed by atoms with E-state index < -0.39 is 0 Å². The molecule has 3 aromatic heterocycles. The van der Waals surface area contributed by atoms with E-state index in [1.807, 2.05) is 12.3 Å². The molecule has 0 N–H and O–H groups in total. The average molecular weight is 946 g/mol. The van der Waals surface area contributed by atoms with Crippen molar-refractivity contribution in [3.8, 4) is 28.7 Å². The average Bonchev–Trinajstić information content (AvgIpc) is 3.69. The molecule has 8 aromatic rings. The molecule has 0 radical (unpaired) electrons. The van der Waals surface area contributed by atoms with Crippen LogP contribution in [0.5, 0.6) is 11.5 Å². The second-order valence-electron chi connectivity index (χ2n) is 19.6. The van der Waals surface area contributed by atoms with Gasteiger partial charge in [0, 0.05) is 44.3 Å². The maximum atomic E-state index is 6.90. The summed E-state index contributed by atoms with van der Waals surface area (Å²) in [6, 6.07) is 44.1. The van der Waals surface area contributed by atoms with Gasteiger partial charge in [0.05, 0.1) is 16.7 Å². The number of para-hydroxylation sites is 3. The number of pyridine rings is 1. The summed E-state index contributed by atoms with van der Waals surface area (Å²) in [5, 5.41) is 2.24. The van der Waals surface area contributed by atoms with Crippen molar-refractivity contribution in [2.24, 2.45) is 0 Å². The molecular weight excluding hydrogens is 892 g/mol. The molecule has 0 aliphatic rings. The van der Waals surface area contributed by atoms with Crippen LogP contribution in [0.25, 0.3) is 50.0 Å². The van der Waals surface area contributed by atoms with E-state index in [-0.39, 0.29) is 42.7 Å². The molecule has 0 spiro atoms. The summed E-state index contributed by atoms with van der Waals surface area (Å²) in [5.74, 6) is 2.13. The monoisotopic (exact) mass is 945 g/mol. The maximum absolute atomic E-state index is 6.90. The molecular formula is C52H54N4OPt-2. The van der Waals surface area contributed by atoms with E-state index in [9.17, 15) is 0 Å². The van der Waals surface area contributed by atoms with Gasteiger partial charge in [-0.15, -0.1) is 29.1 Å². The molecule has 0 saturated heterocycles. The fourth-order valence-electron chi connectivity index (χ4n) is 7.59. The van der Waals surface area contributed by atoms with Crippen LogP contribution >= 0.6 is 0 Å². The van der Waals surface area contributed by atoms with Gasteiger partial charge in [-0.3, -0.25) is 4.57 Å². The quantitative estimate of drug-likeness (QED) is 0.127. The minimum absolute atomic E-state index is 0. The Morgan fingerprint density at radius 2 is 1.22 bits per heavy atom. The summed E-state index contributed by atoms with van der Waals surface area (Å²) in [6.07, 6.45) is 5.64. The van der Waals surface area contributed by atoms with Crippen LogP contribution in [0.3, 0.4) is 0 Å². The zero-order valence-corrected chi connectivity index (χ0v) is 38.2. The summed E-state index contributed by atoms with van der Waals surface area (Å²) in [6.45, 7) is 27.0. The predicted octanol–water partition coefficient (Wildman–Crippen LogP) is 12.8. The molecule has 8 rings (SSSR count). The largest absolute Gasteiger partial charge is 0.509 e. The summed E-state index contributed by atoms with van der Waals surface area (Å²) >= 11 is 0. The molecule has 0 aliphatic carbocycles. The van der Waals surface area contributed by atoms with E-state index in [0.29, 0.717) is 11.5 Å². The Bertz CT molecular complexity index is 2780. The van der Waals surface area contributed by atoms with Gasteiger partial charge in [0.25, 0.3) is 6.33 Å². The molecule has 0 bridgehead atoms. The minimum Gasteiger partial charge on any atom is -0.509 e. The molecule has 3 heterocycles. The predicted molar refractivity (Wildman–Crippen MR) is 235 cm³/mol. The van der Waals surface area contributed by atoms with Gasteiger partial charge in [-0.25, -0.2) is 4.98 Å². The molecule has 5 nitrogen and oxygen atoms in total. The van der Waals surface area contributed by atoms with Crippen molar-refractivity contribution in [1.82, 2.24) is 14.1 Å². The van der Waals surface area contributed by atoms with Crippen molar-refractivity contribution >= 4 is 32.8 Å². The number of nitrogens with zero attached hydrogens (tertiary/aromatic N) is 4. The first kappa shape index (κ1) is 41.2. The number of hydrogen-bond donors (Lipinski definition) is 0. The SMILES string of the molecule is CC(C)(C)c1cc(-[n+]2[c-]n(-c3[c-]c(Oc4[c-]c5c(cc4)c4ccccc4n5-c4cc(C(C)(C)C)ccn4)c(C(C)(C)C)cc3)c3ccccc32)cc(C(C)(C)C)c1.[Pt]. The molecule has 300 valence electrons. The summed E-state index contributed by atoms with van der Waals surface area (Å²) in [5.41, 5.74) is 10.6. The Balaban J connectivity index is 0.00000512. The number of benzene rings is 5. The van der Waals surface area contributed by atoms with Crippen LogP contribution in [-0.4, -0.2) is 14.1 Å². The normalized spacial score (nSPS) is 12.7. The van der Waals surface area contributed by atoms with Gasteiger partial charge in [0.15, 0.2) is 0 Å². The van der Waals surface area contributed by atoms with Crippen LogP contribution in [-0.2, 0) is 42.7 Å². The first-order valence-corrected chi connectivity index (χ1v) is 20.1. The second kappa shape index (κ2) is 14.7. The van der Waals surface area contributed by atoms with Gasteiger partial charge in [0.2, 0.25) is 0 Å². The topological polar surface area (TPSA) is 35.9 Å². The van der Waals surface area contributed by atoms with E-state index >= 15 is 0 Å². The van der Waals surface area contributed by atoms with Crippen molar-refractivity contribution in [2.45, 2.75) is 105 Å². The van der Waals surface area contributed by atoms with Gasteiger partial charge >= 0.3 is 0 Å². The van der Waals surface area contributed by atoms with Gasteiger partial charge in [-0.1, -0.05) is 143 Å². The van der Waals surface area contributed by atoms with Gasteiger partial charge in [0.1, 0.15) is 5.82 Å². The van der Waals surface area contributed by atoms with Gasteiger partial charge in [-0.05, 0) is 74.3 Å². The molecule has 0 unspecified atom stereocenters. The smallest absolute Gasteiger partial charge is 0.268 e. The third kappa shape index (κ3) is 7.66. The molecule has 5 aromatic carbocycles. The molecule has 6 heteroatoms. The van der Waals surface area contributed by atoms with Crippen LogP contribution < -0.4 is 9.30 Å². The van der Waals surface area contributed by atoms with Crippen molar-refractivity contribution in [3.05, 3.63) is 150 Å². The van der Waals surface area contributed by atoms with Crippen LogP contribution in [0.1, 0.15) is 105 Å². The second-order valence-corrected chi connectivity index (χ2v) is 19.6. The van der Waals surface area contributed by atoms with Crippen molar-refractivity contribution in [3.63, 3.8) is 0 Å². The summed E-state index contributed by atoms with van der Waals surface area (Å²) in [7, 11) is 0. The Labute approximate surface area is 359 Å². The van der Waals surface area contributed by atoms with E-state index in [2.05, 4.69) is 212 Å². The Hall–Kier alpha value is -4.99. The minimum atomic E-state index is -0.209. The zero-order chi connectivity index (χ0) is 40.7. The first-order chi connectivity index (χ1) is 26.8. The van der Waals surface area contributed by atoms with E-state index in [0.717, 1.165) is 55.6 Å². The van der Waals surface area contributed by atoms with Crippen LogP contribution in [0.4, 0.5) is 0 Å². The van der Waals surface area contributed by atoms with Crippen LogP contribution in [0.15, 0.2) is 109 Å². The Morgan fingerprint density at radius 1 is 0.586 bits per heavy atom. The molecule has 0 fully saturated rings. The standard InChI is InChI=1S/C52H54N4O.Pt/c1-49(2,3)34-25-26-53-48(30-34)56-43-18-14-13-17-40(43)41-23-22-39(32-46(41)56)57-47-31-37(21-24-42(47)52(10,11)12)54-33-55(45-20-16-15-19-44(45)54)38-28-35(50(4,5)6)27-36(29-38)51(7,8)9;/h13-30H,1-12H3;/q-2;. The maximum Gasteiger partial charge on any atom is 0.268 e. The number of fused-ring (bicyclic) bond motifs is 4. The number of imidazole rings is 1. The molecule has 0 atom stereocenters. The van der Waals surface area contributed by atoms with E-state index in [1.54, 1.807) is 0 Å². The number of rotatable bonds is 5. The van der Waals surface area contributed by atoms with Crippen LogP contribution in [0.2, 0.25) is 0 Å². The number of aromatic nitrogens is 4. The Morgan fingerprint density at radius 3 is 1.88 bits per heavy atom. The van der Waals surface area contributed by atoms with Crippen LogP contribution in [0, 0.1) is 18.5 Å². The van der Waals surface area contributed by atoms with E-state index in [4.69, 9.17) is 9.72 Å². The fourth-order valence-corrected chi connectivity index (χ4v) is 7.59. The van der Waals surface area contributed by atoms with E-state index in [1.165, 1.54) is 16.7 Å².